The van der Waals surface area contributed by atoms with Crippen molar-refractivity contribution in [3.05, 3.63) is 10.4 Å². The van der Waals surface area contributed by atoms with E-state index in [2.05, 4.69) is 24.8 Å². The molecule has 5 heteroatoms. The van der Waals surface area contributed by atoms with Crippen LogP contribution in [0.25, 0.3) is 0 Å². The van der Waals surface area contributed by atoms with Crippen LogP contribution in [-0.2, 0) is 0 Å². The molecule has 1 aromatic heterocycles. The number of Topliss-reactive ketones (excluding diaryl/α,β-unsaturated/α-hetero) is 1. The smallest absolute Gasteiger partial charge is 0.171 e. The van der Waals surface area contributed by atoms with Crippen LogP contribution in [0.1, 0.15) is 42.4 Å². The minimum Gasteiger partial charge on any atom is -0.396 e. The number of carbonyl (C=O) groups is 1. The molecule has 2 heterocycles. The molecule has 1 unspecified atom stereocenters. The van der Waals surface area contributed by atoms with Gasteiger partial charge in [0.15, 0.2) is 5.78 Å². The maximum Gasteiger partial charge on any atom is 0.171 e. The van der Waals surface area contributed by atoms with Gasteiger partial charge in [-0.1, -0.05) is 13.8 Å². The van der Waals surface area contributed by atoms with Crippen molar-refractivity contribution in [1.29, 1.82) is 5.26 Å². The SMILES string of the molecule is CC(=O)c1sc(N2CCC(C(C)C)C2)c(C#N)c1N. The molecule has 0 radical (unpaired) electrons. The zero-order valence-electron chi connectivity index (χ0n) is 11.6. The molecule has 1 fully saturated rings. The second-order valence-corrected chi connectivity index (χ2v) is 6.43. The normalized spacial score (nSPS) is 18.9. The van der Waals surface area contributed by atoms with Gasteiger partial charge in [0.05, 0.1) is 10.6 Å². The van der Waals surface area contributed by atoms with Crippen LogP contribution in [0.4, 0.5) is 10.7 Å². The summed E-state index contributed by atoms with van der Waals surface area (Å²) in [4.78, 5) is 14.3. The van der Waals surface area contributed by atoms with Crippen LogP contribution in [0.5, 0.6) is 0 Å². The van der Waals surface area contributed by atoms with Crippen LogP contribution in [0.2, 0.25) is 0 Å². The molecule has 1 saturated heterocycles. The van der Waals surface area contributed by atoms with Gasteiger partial charge in [0.25, 0.3) is 0 Å². The number of nitrogens with zero attached hydrogens (tertiary/aromatic N) is 2. The average molecular weight is 277 g/mol. The molecule has 1 aliphatic rings. The number of nitrogens with two attached hydrogens (primary N) is 1. The Hall–Kier alpha value is -1.54. The minimum absolute atomic E-state index is 0.0649. The molecule has 0 aromatic carbocycles. The van der Waals surface area contributed by atoms with Crippen LogP contribution >= 0.6 is 11.3 Å². The Morgan fingerprint density at radius 2 is 2.26 bits per heavy atom. The number of nitrogen functional groups attached to an aromatic ring is 1. The van der Waals surface area contributed by atoms with Gasteiger partial charge in [-0.25, -0.2) is 0 Å². The van der Waals surface area contributed by atoms with E-state index in [-0.39, 0.29) is 5.78 Å². The molecule has 0 amide bonds. The van der Waals surface area contributed by atoms with E-state index in [1.54, 1.807) is 0 Å². The van der Waals surface area contributed by atoms with E-state index in [1.165, 1.54) is 18.3 Å². The first-order valence-electron chi connectivity index (χ1n) is 6.54. The highest BCUT2D eigenvalue weighted by Crippen LogP contribution is 2.40. The van der Waals surface area contributed by atoms with E-state index in [0.717, 1.165) is 24.5 Å². The third-order valence-corrected chi connectivity index (χ3v) is 5.18. The lowest BCUT2D eigenvalue weighted by Gasteiger charge is -2.18. The summed E-state index contributed by atoms with van der Waals surface area (Å²) in [5, 5.41) is 10.1. The maximum atomic E-state index is 11.5. The van der Waals surface area contributed by atoms with Crippen molar-refractivity contribution in [1.82, 2.24) is 0 Å². The Bertz CT molecular complexity index is 542. The van der Waals surface area contributed by atoms with Crippen molar-refractivity contribution in [3.8, 4) is 6.07 Å². The molecule has 0 saturated carbocycles. The average Bonchev–Trinajstić information content (AvgIpc) is 2.92. The van der Waals surface area contributed by atoms with Crippen LogP contribution in [0.15, 0.2) is 0 Å². The molecule has 19 heavy (non-hydrogen) atoms. The zero-order valence-corrected chi connectivity index (χ0v) is 12.4. The molecule has 102 valence electrons. The van der Waals surface area contributed by atoms with E-state index in [9.17, 15) is 10.1 Å². The molecular formula is C14H19N3OS. The van der Waals surface area contributed by atoms with Crippen molar-refractivity contribution in [2.24, 2.45) is 11.8 Å². The first kappa shape index (κ1) is 13.9. The molecule has 0 bridgehead atoms. The number of carbonyl (C=O) groups excluding carboxylic acids is 1. The fourth-order valence-electron chi connectivity index (χ4n) is 2.54. The monoisotopic (exact) mass is 277 g/mol. The predicted molar refractivity (Wildman–Crippen MR) is 78.6 cm³/mol. The van der Waals surface area contributed by atoms with Gasteiger partial charge in [-0.15, -0.1) is 11.3 Å². The van der Waals surface area contributed by atoms with Crippen LogP contribution in [-0.4, -0.2) is 18.9 Å². The maximum absolute atomic E-state index is 11.5. The number of hydrogen-bond donors (Lipinski definition) is 1. The Kier molecular flexibility index (Phi) is 3.81. The van der Waals surface area contributed by atoms with Gasteiger partial charge < -0.3 is 10.6 Å². The van der Waals surface area contributed by atoms with Gasteiger partial charge in [-0.2, -0.15) is 5.26 Å². The summed E-state index contributed by atoms with van der Waals surface area (Å²) in [6.45, 7) is 7.83. The van der Waals surface area contributed by atoms with Gasteiger partial charge in [0.1, 0.15) is 16.6 Å². The van der Waals surface area contributed by atoms with E-state index >= 15 is 0 Å². The topological polar surface area (TPSA) is 70.1 Å². The third kappa shape index (κ3) is 2.45. The van der Waals surface area contributed by atoms with Crippen molar-refractivity contribution in [2.75, 3.05) is 23.7 Å². The van der Waals surface area contributed by atoms with Crippen LogP contribution < -0.4 is 10.6 Å². The summed E-state index contributed by atoms with van der Waals surface area (Å²) in [7, 11) is 0. The van der Waals surface area contributed by atoms with Crippen molar-refractivity contribution >= 4 is 27.8 Å². The highest BCUT2D eigenvalue weighted by atomic mass is 32.1. The standard InChI is InChI=1S/C14H19N3OS/c1-8(2)10-4-5-17(7-10)14-11(6-15)12(16)13(19-14)9(3)18/h8,10H,4-5,7,16H2,1-3H3. The summed E-state index contributed by atoms with van der Waals surface area (Å²) in [5.41, 5.74) is 6.74. The second-order valence-electron chi connectivity index (χ2n) is 5.43. The number of thiophene rings is 1. The zero-order chi connectivity index (χ0) is 14.2. The van der Waals surface area contributed by atoms with E-state index in [0.29, 0.717) is 28.0 Å². The number of nitriles is 1. The third-order valence-electron chi connectivity index (χ3n) is 3.81. The number of anilines is 2. The summed E-state index contributed by atoms with van der Waals surface area (Å²) >= 11 is 1.36. The molecule has 4 nitrogen and oxygen atoms in total. The fourth-order valence-corrected chi connectivity index (χ4v) is 3.64. The minimum atomic E-state index is -0.0649. The molecular weight excluding hydrogens is 258 g/mol. The largest absolute Gasteiger partial charge is 0.396 e. The number of rotatable bonds is 3. The lowest BCUT2D eigenvalue weighted by atomic mass is 9.95. The number of ketones is 1. The summed E-state index contributed by atoms with van der Waals surface area (Å²) in [5.74, 6) is 1.22. The van der Waals surface area contributed by atoms with Gasteiger partial charge in [-0.05, 0) is 18.3 Å². The highest BCUT2D eigenvalue weighted by molar-refractivity contribution is 7.19. The van der Waals surface area contributed by atoms with Crippen molar-refractivity contribution in [2.45, 2.75) is 27.2 Å². The fraction of sp³-hybridized carbons (Fsp3) is 0.571. The number of hydrogen-bond acceptors (Lipinski definition) is 5. The molecule has 0 spiro atoms. The van der Waals surface area contributed by atoms with Crippen LogP contribution in [0.3, 0.4) is 0 Å². The van der Waals surface area contributed by atoms with Gasteiger partial charge in [0.2, 0.25) is 0 Å². The van der Waals surface area contributed by atoms with Gasteiger partial charge in [0, 0.05) is 20.0 Å². The predicted octanol–water partition coefficient (Wildman–Crippen LogP) is 2.89. The quantitative estimate of drug-likeness (QED) is 0.862. The van der Waals surface area contributed by atoms with Crippen molar-refractivity contribution < 1.29 is 4.79 Å². The first-order chi connectivity index (χ1) is 8.95. The molecule has 2 rings (SSSR count). The molecule has 1 aromatic rings. The van der Waals surface area contributed by atoms with E-state index in [1.807, 2.05) is 0 Å². The van der Waals surface area contributed by atoms with Crippen molar-refractivity contribution in [3.63, 3.8) is 0 Å². The summed E-state index contributed by atoms with van der Waals surface area (Å²) < 4.78 is 0. The summed E-state index contributed by atoms with van der Waals surface area (Å²) in [6.07, 6.45) is 1.13. The van der Waals surface area contributed by atoms with E-state index < -0.39 is 0 Å². The Labute approximate surface area is 117 Å². The molecule has 2 N–H and O–H groups in total. The first-order valence-corrected chi connectivity index (χ1v) is 7.35. The molecule has 1 atom stereocenters. The highest BCUT2D eigenvalue weighted by Gasteiger charge is 2.29. The molecule has 1 aliphatic heterocycles. The van der Waals surface area contributed by atoms with Crippen LogP contribution in [0, 0.1) is 23.2 Å². The lowest BCUT2D eigenvalue weighted by molar-refractivity contribution is 0.102. The summed E-state index contributed by atoms with van der Waals surface area (Å²) in [6, 6.07) is 2.15. The molecule has 0 aliphatic carbocycles. The lowest BCUT2D eigenvalue weighted by Crippen LogP contribution is -2.21. The Morgan fingerprint density at radius 1 is 1.58 bits per heavy atom. The Morgan fingerprint density at radius 3 is 2.74 bits per heavy atom. The second kappa shape index (κ2) is 5.22. The van der Waals surface area contributed by atoms with Gasteiger partial charge >= 0.3 is 0 Å². The van der Waals surface area contributed by atoms with E-state index in [4.69, 9.17) is 5.73 Å². The Balaban J connectivity index is 2.34. The van der Waals surface area contributed by atoms with Gasteiger partial charge in [-0.3, -0.25) is 4.79 Å².